The lowest BCUT2D eigenvalue weighted by molar-refractivity contribution is -0.116. The molecule has 0 saturated heterocycles. The molecule has 4 rings (SSSR count). The molecule has 2 heterocycles. The van der Waals surface area contributed by atoms with E-state index in [-0.39, 0.29) is 23.7 Å². The summed E-state index contributed by atoms with van der Waals surface area (Å²) in [6.45, 7) is 3.47. The van der Waals surface area contributed by atoms with Crippen LogP contribution in [0.2, 0.25) is 0 Å². The molecule has 0 aliphatic rings. The molecule has 0 fully saturated rings. The van der Waals surface area contributed by atoms with Gasteiger partial charge in [0.15, 0.2) is 0 Å². The molecule has 0 radical (unpaired) electrons. The Morgan fingerprint density at radius 2 is 2.00 bits per heavy atom. The van der Waals surface area contributed by atoms with Gasteiger partial charge in [0.2, 0.25) is 5.91 Å². The molecule has 2 aromatic carbocycles. The molecular weight excluding hydrogens is 409 g/mol. The molecule has 0 spiro atoms. The van der Waals surface area contributed by atoms with Crippen molar-refractivity contribution < 1.29 is 9.18 Å². The fraction of sp³-hybridized carbons (Fsp3) is 0.167. The lowest BCUT2D eigenvalue weighted by Crippen LogP contribution is -2.18. The summed E-state index contributed by atoms with van der Waals surface area (Å²) in [5.41, 5.74) is 4.36. The second-order valence-corrected chi connectivity index (χ2v) is 7.55. The van der Waals surface area contributed by atoms with E-state index in [1.807, 2.05) is 6.07 Å². The van der Waals surface area contributed by atoms with Crippen molar-refractivity contribution in [1.82, 2.24) is 15.0 Å². The Labute approximate surface area is 182 Å². The molecule has 2 aromatic heterocycles. The highest BCUT2D eigenvalue weighted by Gasteiger charge is 2.14. The summed E-state index contributed by atoms with van der Waals surface area (Å²) in [6.07, 6.45) is 0.582. The topological polar surface area (TPSA) is 114 Å². The van der Waals surface area contributed by atoms with Crippen LogP contribution < -0.4 is 10.9 Å². The molecule has 0 aliphatic carbocycles. The third-order valence-corrected chi connectivity index (χ3v) is 5.39. The summed E-state index contributed by atoms with van der Waals surface area (Å²) in [5, 5.41) is 12.0. The Balaban J connectivity index is 1.49. The summed E-state index contributed by atoms with van der Waals surface area (Å²) in [5.74, 6) is 0.00350. The van der Waals surface area contributed by atoms with Crippen molar-refractivity contribution in [2.24, 2.45) is 0 Å². The third kappa shape index (κ3) is 4.14. The number of halogens is 1. The van der Waals surface area contributed by atoms with Crippen molar-refractivity contribution in [2.45, 2.75) is 26.7 Å². The van der Waals surface area contributed by atoms with Crippen molar-refractivity contribution in [3.63, 3.8) is 0 Å². The number of carbonyl (C=O) groups excluding carboxylic acids is 1. The number of nitrogens with zero attached hydrogens (tertiary/aromatic N) is 2. The molecule has 160 valence electrons. The monoisotopic (exact) mass is 429 g/mol. The fourth-order valence-electron chi connectivity index (χ4n) is 3.74. The number of anilines is 1. The highest BCUT2D eigenvalue weighted by atomic mass is 19.1. The molecule has 0 aliphatic heterocycles. The number of aryl methyl sites for hydroxylation is 1. The number of hydrogen-bond acceptors (Lipinski definition) is 4. The van der Waals surface area contributed by atoms with Crippen LogP contribution in [0.25, 0.3) is 22.4 Å². The molecule has 7 nitrogen and oxygen atoms in total. The number of fused-ring (bicyclic) bond motifs is 1. The summed E-state index contributed by atoms with van der Waals surface area (Å²) < 4.78 is 13.5. The fourth-order valence-corrected chi connectivity index (χ4v) is 3.74. The number of amides is 1. The largest absolute Gasteiger partial charge is 0.338 e. The normalized spacial score (nSPS) is 10.8. The van der Waals surface area contributed by atoms with E-state index >= 15 is 0 Å². The van der Waals surface area contributed by atoms with Crippen LogP contribution in [-0.2, 0) is 11.2 Å². The predicted octanol–water partition coefficient (Wildman–Crippen LogP) is 4.12. The van der Waals surface area contributed by atoms with Gasteiger partial charge in [-0.05, 0) is 61.7 Å². The average molecular weight is 429 g/mol. The zero-order chi connectivity index (χ0) is 22.8. The van der Waals surface area contributed by atoms with E-state index in [1.54, 1.807) is 44.2 Å². The zero-order valence-corrected chi connectivity index (χ0v) is 17.5. The third-order valence-electron chi connectivity index (χ3n) is 5.39. The highest BCUT2D eigenvalue weighted by Crippen LogP contribution is 2.24. The van der Waals surface area contributed by atoms with Crippen LogP contribution in [0, 0.1) is 31.0 Å². The lowest BCUT2D eigenvalue weighted by Gasteiger charge is -2.11. The summed E-state index contributed by atoms with van der Waals surface area (Å²) >= 11 is 0. The number of nitrogens with one attached hydrogen (secondary N) is 3. The molecule has 1 amide bonds. The number of aromatic nitrogens is 3. The molecule has 8 heteroatoms. The van der Waals surface area contributed by atoms with E-state index in [2.05, 4.69) is 20.3 Å². The first-order valence-corrected chi connectivity index (χ1v) is 10.0. The summed E-state index contributed by atoms with van der Waals surface area (Å²) in [4.78, 5) is 34.7. The Morgan fingerprint density at radius 3 is 2.75 bits per heavy atom. The van der Waals surface area contributed by atoms with Crippen LogP contribution in [0.5, 0.6) is 0 Å². The van der Waals surface area contributed by atoms with Crippen molar-refractivity contribution in [1.29, 1.82) is 5.26 Å². The number of carbonyl (C=O) groups is 1. The van der Waals surface area contributed by atoms with Crippen LogP contribution >= 0.6 is 0 Å². The smallest absolute Gasteiger partial charge is 0.266 e. The van der Waals surface area contributed by atoms with Gasteiger partial charge in [-0.3, -0.25) is 9.59 Å². The highest BCUT2D eigenvalue weighted by molar-refractivity contribution is 5.93. The van der Waals surface area contributed by atoms with E-state index in [9.17, 15) is 19.2 Å². The quantitative estimate of drug-likeness (QED) is 0.443. The van der Waals surface area contributed by atoms with Crippen molar-refractivity contribution in [3.05, 3.63) is 81.0 Å². The van der Waals surface area contributed by atoms with E-state index in [4.69, 9.17) is 0 Å². The maximum Gasteiger partial charge on any atom is 0.266 e. The van der Waals surface area contributed by atoms with E-state index in [0.29, 0.717) is 45.8 Å². The Bertz CT molecular complexity index is 1450. The van der Waals surface area contributed by atoms with Gasteiger partial charge in [-0.25, -0.2) is 9.37 Å². The number of hydrogen-bond donors (Lipinski definition) is 3. The Hall–Kier alpha value is -4.25. The Morgan fingerprint density at radius 1 is 1.19 bits per heavy atom. The number of rotatable bonds is 5. The number of aromatic amines is 2. The van der Waals surface area contributed by atoms with E-state index in [0.717, 1.165) is 5.56 Å². The maximum absolute atomic E-state index is 13.5. The number of benzene rings is 2. The Kier molecular flexibility index (Phi) is 5.56. The second-order valence-electron chi connectivity index (χ2n) is 7.55. The zero-order valence-electron chi connectivity index (χ0n) is 17.5. The molecule has 0 saturated carbocycles. The van der Waals surface area contributed by atoms with Crippen LogP contribution in [0.3, 0.4) is 0 Å². The van der Waals surface area contributed by atoms with Gasteiger partial charge >= 0.3 is 0 Å². The number of imidazole rings is 1. The minimum Gasteiger partial charge on any atom is -0.338 e. The molecule has 0 atom stereocenters. The summed E-state index contributed by atoms with van der Waals surface area (Å²) in [6, 6.07) is 13.4. The second kappa shape index (κ2) is 8.47. The molecule has 0 unspecified atom stereocenters. The number of nitriles is 1. The van der Waals surface area contributed by atoms with Crippen LogP contribution in [0.4, 0.5) is 10.1 Å². The first kappa shape index (κ1) is 21.0. The number of H-pyrrole nitrogens is 2. The van der Waals surface area contributed by atoms with Gasteiger partial charge in [0.25, 0.3) is 5.56 Å². The van der Waals surface area contributed by atoms with Gasteiger partial charge in [0.05, 0.1) is 11.0 Å². The van der Waals surface area contributed by atoms with E-state index in [1.165, 1.54) is 12.1 Å². The van der Waals surface area contributed by atoms with Crippen LogP contribution in [0.15, 0.2) is 47.3 Å². The molecular formula is C24H20FN5O2. The first-order chi connectivity index (χ1) is 15.4. The van der Waals surface area contributed by atoms with Gasteiger partial charge in [0, 0.05) is 23.4 Å². The van der Waals surface area contributed by atoms with Gasteiger partial charge in [-0.15, -0.1) is 0 Å². The van der Waals surface area contributed by atoms with Crippen molar-refractivity contribution >= 4 is 22.6 Å². The summed E-state index contributed by atoms with van der Waals surface area (Å²) in [7, 11) is 0. The van der Waals surface area contributed by atoms with Gasteiger partial charge in [0.1, 0.15) is 23.3 Å². The van der Waals surface area contributed by atoms with Gasteiger partial charge in [-0.1, -0.05) is 12.1 Å². The maximum atomic E-state index is 13.5. The molecule has 32 heavy (non-hydrogen) atoms. The van der Waals surface area contributed by atoms with Gasteiger partial charge in [-0.2, -0.15) is 5.26 Å². The van der Waals surface area contributed by atoms with E-state index < -0.39 is 5.56 Å². The average Bonchev–Trinajstić information content (AvgIpc) is 3.17. The van der Waals surface area contributed by atoms with Gasteiger partial charge < -0.3 is 15.3 Å². The molecule has 0 bridgehead atoms. The van der Waals surface area contributed by atoms with Crippen LogP contribution in [-0.4, -0.2) is 20.9 Å². The van der Waals surface area contributed by atoms with Crippen molar-refractivity contribution in [2.75, 3.05) is 5.32 Å². The van der Waals surface area contributed by atoms with Crippen molar-refractivity contribution in [3.8, 4) is 17.5 Å². The predicted molar refractivity (Wildman–Crippen MR) is 120 cm³/mol. The lowest BCUT2D eigenvalue weighted by atomic mass is 9.99. The minimum atomic E-state index is -0.416. The molecule has 4 aromatic rings. The standard InChI is InChI=1S/C24H20FN5O2/c1-13-18(14(2)27-24(32)19(13)12-26)7-9-22(31)28-17-6-8-20-21(11-17)30-23(29-20)15-4-3-5-16(25)10-15/h3-6,8,10-11H,7,9H2,1-2H3,(H,27,32)(H,28,31)(H,29,30). The minimum absolute atomic E-state index is 0.0739. The number of pyridine rings is 1. The SMILES string of the molecule is Cc1[nH]c(=O)c(C#N)c(C)c1CCC(=O)Nc1ccc2nc(-c3cccc(F)c3)[nH]c2c1. The molecule has 3 N–H and O–H groups in total. The van der Waals surface area contributed by atoms with Crippen LogP contribution in [0.1, 0.15) is 28.8 Å². The first-order valence-electron chi connectivity index (χ1n) is 10.0.